The Bertz CT molecular complexity index is 1550. The smallest absolute Gasteiger partial charge is 0.258 e. The Hall–Kier alpha value is -4.57. The first-order chi connectivity index (χ1) is 18.8. The fraction of sp³-hybridized carbons (Fsp3) is 0.147. The lowest BCUT2D eigenvalue weighted by Gasteiger charge is -2.39. The number of anilines is 1. The van der Waals surface area contributed by atoms with Crippen molar-refractivity contribution in [2.75, 3.05) is 11.9 Å². The number of aryl methyl sites for hydroxylation is 1. The fourth-order valence-corrected chi connectivity index (χ4v) is 5.25. The van der Waals surface area contributed by atoms with E-state index in [0.29, 0.717) is 18.7 Å². The van der Waals surface area contributed by atoms with Crippen molar-refractivity contribution in [1.29, 1.82) is 0 Å². The molecule has 0 saturated carbocycles. The molecule has 0 aliphatic carbocycles. The highest BCUT2D eigenvalue weighted by Crippen LogP contribution is 2.41. The third kappa shape index (κ3) is 4.85. The van der Waals surface area contributed by atoms with Gasteiger partial charge in [-0.25, -0.2) is 0 Å². The number of ether oxygens (including phenoxy) is 1. The van der Waals surface area contributed by atoms with Crippen LogP contribution < -0.4 is 10.1 Å². The second-order valence-corrected chi connectivity index (χ2v) is 9.65. The zero-order valence-corrected chi connectivity index (χ0v) is 21.2. The van der Waals surface area contributed by atoms with Gasteiger partial charge in [0.2, 0.25) is 0 Å². The molecule has 0 fully saturated rings. The van der Waals surface area contributed by atoms with E-state index in [9.17, 15) is 4.79 Å². The van der Waals surface area contributed by atoms with Crippen LogP contribution in [0.2, 0.25) is 0 Å². The maximum absolute atomic E-state index is 13.9. The Morgan fingerprint density at radius 2 is 1.39 bits per heavy atom. The zero-order valence-electron chi connectivity index (χ0n) is 21.2. The first kappa shape index (κ1) is 23.8. The number of carbonyl (C=O) groups excluding carboxylic acids is 1. The van der Waals surface area contributed by atoms with Crippen molar-refractivity contribution >= 4 is 22.4 Å². The molecule has 0 spiro atoms. The standard InChI is InChI=1S/C34H30N2O2/c37-34-29-19-9-10-20-30(29)35-33(36(34)24-26-14-5-2-6-15-26)32-28-18-8-7-17-27(28)21-22-31(32)38-23-11-16-25-12-3-1-4-13-25/h1-10,12-15,17-22,33,35H,11,16,23-24H2. The Morgan fingerprint density at radius 3 is 2.21 bits per heavy atom. The van der Waals surface area contributed by atoms with E-state index in [-0.39, 0.29) is 12.1 Å². The molecule has 5 aromatic rings. The van der Waals surface area contributed by atoms with Crippen molar-refractivity contribution in [3.8, 4) is 5.75 Å². The number of para-hydroxylation sites is 1. The lowest BCUT2D eigenvalue weighted by Crippen LogP contribution is -2.42. The van der Waals surface area contributed by atoms with Crippen molar-refractivity contribution in [3.63, 3.8) is 0 Å². The molecule has 5 aromatic carbocycles. The molecule has 0 radical (unpaired) electrons. The molecule has 1 heterocycles. The number of rotatable bonds is 8. The minimum atomic E-state index is -0.382. The number of benzene rings is 5. The summed E-state index contributed by atoms with van der Waals surface area (Å²) in [4.78, 5) is 15.8. The van der Waals surface area contributed by atoms with E-state index < -0.39 is 0 Å². The molecule has 1 aliphatic rings. The molecule has 4 heteroatoms. The average molecular weight is 499 g/mol. The Kier molecular flexibility index (Phi) is 6.77. The highest BCUT2D eigenvalue weighted by atomic mass is 16.5. The molecule has 4 nitrogen and oxygen atoms in total. The van der Waals surface area contributed by atoms with Crippen LogP contribution in [0, 0.1) is 0 Å². The summed E-state index contributed by atoms with van der Waals surface area (Å²) in [6, 6.07) is 40.9. The van der Waals surface area contributed by atoms with Crippen LogP contribution in [0.3, 0.4) is 0 Å². The first-order valence-electron chi connectivity index (χ1n) is 13.2. The first-order valence-corrected chi connectivity index (χ1v) is 13.2. The summed E-state index contributed by atoms with van der Waals surface area (Å²) in [6.07, 6.45) is 1.48. The molecule has 0 saturated heterocycles. The normalized spacial score (nSPS) is 14.7. The minimum Gasteiger partial charge on any atom is -0.493 e. The molecule has 1 amide bonds. The van der Waals surface area contributed by atoms with Crippen molar-refractivity contribution in [2.45, 2.75) is 25.6 Å². The van der Waals surface area contributed by atoms with Crippen LogP contribution in [0.5, 0.6) is 5.75 Å². The van der Waals surface area contributed by atoms with E-state index in [0.717, 1.165) is 46.2 Å². The maximum Gasteiger partial charge on any atom is 0.258 e. The van der Waals surface area contributed by atoms with Crippen LogP contribution in [0.15, 0.2) is 121 Å². The van der Waals surface area contributed by atoms with Gasteiger partial charge in [0.15, 0.2) is 0 Å². The second-order valence-electron chi connectivity index (χ2n) is 9.65. The van der Waals surface area contributed by atoms with Gasteiger partial charge in [0.05, 0.1) is 12.2 Å². The van der Waals surface area contributed by atoms with Gasteiger partial charge >= 0.3 is 0 Å². The molecule has 1 unspecified atom stereocenters. The SMILES string of the molecule is O=C1c2ccccc2NC(c2c(OCCCc3ccccc3)ccc3ccccc23)N1Cc1ccccc1. The highest BCUT2D eigenvalue weighted by Gasteiger charge is 2.35. The quantitative estimate of drug-likeness (QED) is 0.224. The monoisotopic (exact) mass is 498 g/mol. The van der Waals surface area contributed by atoms with E-state index in [1.165, 1.54) is 5.56 Å². The van der Waals surface area contributed by atoms with Gasteiger partial charge in [0.1, 0.15) is 11.9 Å². The summed E-state index contributed by atoms with van der Waals surface area (Å²) >= 11 is 0. The summed E-state index contributed by atoms with van der Waals surface area (Å²) in [5.74, 6) is 0.815. The molecule has 6 rings (SSSR count). The molecule has 0 bridgehead atoms. The summed E-state index contributed by atoms with van der Waals surface area (Å²) in [5, 5.41) is 5.88. The number of carbonyl (C=O) groups is 1. The number of hydrogen-bond acceptors (Lipinski definition) is 3. The van der Waals surface area contributed by atoms with Gasteiger partial charge in [-0.3, -0.25) is 4.79 Å². The molecule has 188 valence electrons. The predicted octanol–water partition coefficient (Wildman–Crippen LogP) is 7.62. The zero-order chi connectivity index (χ0) is 25.7. The molecular formula is C34H30N2O2. The van der Waals surface area contributed by atoms with Gasteiger partial charge in [0, 0.05) is 17.8 Å². The third-order valence-electron chi connectivity index (χ3n) is 7.13. The van der Waals surface area contributed by atoms with Crippen LogP contribution in [0.1, 0.15) is 39.6 Å². The van der Waals surface area contributed by atoms with Crippen LogP contribution in [0.25, 0.3) is 10.8 Å². The number of fused-ring (bicyclic) bond motifs is 2. The summed E-state index contributed by atoms with van der Waals surface area (Å²) in [7, 11) is 0. The van der Waals surface area contributed by atoms with Gasteiger partial charge in [-0.05, 0) is 52.9 Å². The van der Waals surface area contributed by atoms with Crippen molar-refractivity contribution in [2.24, 2.45) is 0 Å². The Morgan fingerprint density at radius 1 is 0.711 bits per heavy atom. The van der Waals surface area contributed by atoms with Crippen molar-refractivity contribution in [1.82, 2.24) is 4.90 Å². The topological polar surface area (TPSA) is 41.6 Å². The molecule has 38 heavy (non-hydrogen) atoms. The number of nitrogens with zero attached hydrogens (tertiary/aromatic N) is 1. The Labute approximate surface area is 223 Å². The summed E-state index contributed by atoms with van der Waals surface area (Å²) in [5.41, 5.74) is 4.90. The molecular weight excluding hydrogens is 468 g/mol. The summed E-state index contributed by atoms with van der Waals surface area (Å²) in [6.45, 7) is 1.08. The van der Waals surface area contributed by atoms with Gasteiger partial charge in [-0.15, -0.1) is 0 Å². The van der Waals surface area contributed by atoms with Crippen LogP contribution in [-0.4, -0.2) is 17.4 Å². The van der Waals surface area contributed by atoms with E-state index in [2.05, 4.69) is 59.9 Å². The van der Waals surface area contributed by atoms with E-state index in [1.807, 2.05) is 71.6 Å². The van der Waals surface area contributed by atoms with E-state index in [4.69, 9.17) is 4.74 Å². The number of amides is 1. The minimum absolute atomic E-state index is 0.0103. The van der Waals surface area contributed by atoms with Crippen LogP contribution in [0.4, 0.5) is 5.69 Å². The predicted molar refractivity (Wildman–Crippen MR) is 153 cm³/mol. The maximum atomic E-state index is 13.9. The second kappa shape index (κ2) is 10.8. The molecule has 1 atom stereocenters. The van der Waals surface area contributed by atoms with Crippen LogP contribution in [-0.2, 0) is 13.0 Å². The van der Waals surface area contributed by atoms with Crippen molar-refractivity contribution < 1.29 is 9.53 Å². The van der Waals surface area contributed by atoms with Crippen molar-refractivity contribution in [3.05, 3.63) is 144 Å². The van der Waals surface area contributed by atoms with Crippen LogP contribution >= 0.6 is 0 Å². The average Bonchev–Trinajstić information content (AvgIpc) is 2.98. The van der Waals surface area contributed by atoms with Gasteiger partial charge in [0.25, 0.3) is 5.91 Å². The lowest BCUT2D eigenvalue weighted by atomic mass is 9.97. The Balaban J connectivity index is 1.38. The number of nitrogens with one attached hydrogen (secondary N) is 1. The molecule has 1 N–H and O–H groups in total. The van der Waals surface area contributed by atoms with E-state index in [1.54, 1.807) is 0 Å². The molecule has 1 aliphatic heterocycles. The molecule has 0 aromatic heterocycles. The van der Waals surface area contributed by atoms with E-state index >= 15 is 0 Å². The fourth-order valence-electron chi connectivity index (χ4n) is 5.25. The van der Waals surface area contributed by atoms with Gasteiger partial charge in [-0.1, -0.05) is 103 Å². The largest absolute Gasteiger partial charge is 0.493 e. The highest BCUT2D eigenvalue weighted by molar-refractivity contribution is 6.02. The number of hydrogen-bond donors (Lipinski definition) is 1. The van der Waals surface area contributed by atoms with Gasteiger partial charge < -0.3 is 15.0 Å². The third-order valence-corrected chi connectivity index (χ3v) is 7.13. The van der Waals surface area contributed by atoms with Gasteiger partial charge in [-0.2, -0.15) is 0 Å². The lowest BCUT2D eigenvalue weighted by molar-refractivity contribution is 0.0665. The summed E-state index contributed by atoms with van der Waals surface area (Å²) < 4.78 is 6.46.